The number of fused-ring (bicyclic) bond motifs is 1. The molecule has 1 N–H and O–H groups in total. The molecule has 0 aliphatic heterocycles. The largest absolute Gasteiger partial charge is 0.368 e. The molecular formula is C16H14ClN3. The molecule has 20 heavy (non-hydrogen) atoms. The van der Waals surface area contributed by atoms with Crippen molar-refractivity contribution in [1.82, 2.24) is 9.97 Å². The first-order valence-corrected chi connectivity index (χ1v) is 6.90. The number of benzene rings is 2. The van der Waals surface area contributed by atoms with E-state index in [-0.39, 0.29) is 0 Å². The Morgan fingerprint density at radius 1 is 0.950 bits per heavy atom. The van der Waals surface area contributed by atoms with Crippen molar-refractivity contribution in [3.63, 3.8) is 0 Å². The van der Waals surface area contributed by atoms with Crippen LogP contribution in [-0.4, -0.2) is 16.5 Å². The second kappa shape index (κ2) is 5.88. The predicted molar refractivity (Wildman–Crippen MR) is 83.2 cm³/mol. The van der Waals surface area contributed by atoms with Gasteiger partial charge in [0, 0.05) is 11.6 Å². The number of aromatic nitrogens is 2. The third kappa shape index (κ3) is 2.89. The number of rotatable bonds is 4. The highest BCUT2D eigenvalue weighted by Crippen LogP contribution is 2.16. The number of halogens is 1. The zero-order chi connectivity index (χ0) is 13.8. The second-order valence-corrected chi connectivity index (χ2v) is 4.92. The van der Waals surface area contributed by atoms with Crippen LogP contribution >= 0.6 is 11.6 Å². The van der Waals surface area contributed by atoms with Crippen LogP contribution in [0.5, 0.6) is 0 Å². The van der Waals surface area contributed by atoms with Gasteiger partial charge in [0.2, 0.25) is 0 Å². The Labute approximate surface area is 122 Å². The topological polar surface area (TPSA) is 37.8 Å². The van der Waals surface area contributed by atoms with E-state index in [4.69, 9.17) is 11.6 Å². The van der Waals surface area contributed by atoms with Crippen LogP contribution in [0, 0.1) is 0 Å². The van der Waals surface area contributed by atoms with Gasteiger partial charge in [-0.2, -0.15) is 0 Å². The summed E-state index contributed by atoms with van der Waals surface area (Å²) in [6.45, 7) is 0.775. The van der Waals surface area contributed by atoms with E-state index in [1.807, 2.05) is 48.5 Å². The maximum atomic E-state index is 6.13. The standard InChI is InChI=1S/C16H14ClN3/c17-13-6-2-1-5-12(13)9-10-18-16-11-19-14-7-3-4-8-15(14)20-16/h1-8,11H,9-10H2,(H,18,20). The van der Waals surface area contributed by atoms with E-state index in [1.54, 1.807) is 6.20 Å². The van der Waals surface area contributed by atoms with Gasteiger partial charge in [-0.15, -0.1) is 0 Å². The van der Waals surface area contributed by atoms with Crippen LogP contribution in [0.4, 0.5) is 5.82 Å². The first-order chi connectivity index (χ1) is 9.83. The molecule has 1 aromatic heterocycles. The third-order valence-electron chi connectivity index (χ3n) is 3.11. The third-order valence-corrected chi connectivity index (χ3v) is 3.48. The second-order valence-electron chi connectivity index (χ2n) is 4.51. The maximum Gasteiger partial charge on any atom is 0.145 e. The van der Waals surface area contributed by atoms with Gasteiger partial charge in [-0.1, -0.05) is 41.9 Å². The Balaban J connectivity index is 1.67. The van der Waals surface area contributed by atoms with Crippen molar-refractivity contribution >= 4 is 28.5 Å². The van der Waals surface area contributed by atoms with Crippen LogP contribution in [0.2, 0.25) is 5.02 Å². The zero-order valence-corrected chi connectivity index (χ0v) is 11.6. The van der Waals surface area contributed by atoms with E-state index >= 15 is 0 Å². The Bertz CT molecular complexity index is 727. The molecule has 0 saturated heterocycles. The van der Waals surface area contributed by atoms with Crippen LogP contribution in [0.3, 0.4) is 0 Å². The van der Waals surface area contributed by atoms with E-state index in [0.29, 0.717) is 0 Å². The van der Waals surface area contributed by atoms with Crippen molar-refractivity contribution in [2.45, 2.75) is 6.42 Å². The van der Waals surface area contributed by atoms with Crippen molar-refractivity contribution in [3.8, 4) is 0 Å². The number of hydrogen-bond donors (Lipinski definition) is 1. The molecule has 0 aliphatic rings. The van der Waals surface area contributed by atoms with Gasteiger partial charge in [-0.05, 0) is 30.2 Å². The molecule has 0 fully saturated rings. The van der Waals surface area contributed by atoms with Crippen molar-refractivity contribution in [3.05, 3.63) is 65.3 Å². The normalized spacial score (nSPS) is 10.7. The maximum absolute atomic E-state index is 6.13. The van der Waals surface area contributed by atoms with Gasteiger partial charge in [-0.25, -0.2) is 4.98 Å². The quantitative estimate of drug-likeness (QED) is 0.788. The van der Waals surface area contributed by atoms with Crippen LogP contribution < -0.4 is 5.32 Å². The van der Waals surface area contributed by atoms with Crippen molar-refractivity contribution in [2.75, 3.05) is 11.9 Å². The van der Waals surface area contributed by atoms with Crippen molar-refractivity contribution < 1.29 is 0 Å². The molecule has 4 heteroatoms. The van der Waals surface area contributed by atoms with Crippen LogP contribution in [0.25, 0.3) is 11.0 Å². The molecule has 0 radical (unpaired) electrons. The lowest BCUT2D eigenvalue weighted by Gasteiger charge is -2.07. The molecular weight excluding hydrogens is 270 g/mol. The molecule has 0 unspecified atom stereocenters. The summed E-state index contributed by atoms with van der Waals surface area (Å²) in [6, 6.07) is 15.7. The number of nitrogens with one attached hydrogen (secondary N) is 1. The Hall–Kier alpha value is -2.13. The molecule has 0 aliphatic carbocycles. The highest BCUT2D eigenvalue weighted by atomic mass is 35.5. The first kappa shape index (κ1) is 12.9. The van der Waals surface area contributed by atoms with Gasteiger partial charge in [0.05, 0.1) is 17.2 Å². The molecule has 3 aromatic rings. The fraction of sp³-hybridized carbons (Fsp3) is 0.125. The summed E-state index contributed by atoms with van der Waals surface area (Å²) in [5.74, 6) is 0.788. The fourth-order valence-corrected chi connectivity index (χ4v) is 2.30. The zero-order valence-electron chi connectivity index (χ0n) is 10.9. The minimum Gasteiger partial charge on any atom is -0.368 e. The van der Waals surface area contributed by atoms with E-state index in [9.17, 15) is 0 Å². The van der Waals surface area contributed by atoms with E-state index in [2.05, 4.69) is 15.3 Å². The summed E-state index contributed by atoms with van der Waals surface area (Å²) >= 11 is 6.13. The SMILES string of the molecule is Clc1ccccc1CCNc1cnc2ccccc2n1. The summed E-state index contributed by atoms with van der Waals surface area (Å²) < 4.78 is 0. The van der Waals surface area contributed by atoms with Crippen LogP contribution in [0.15, 0.2) is 54.7 Å². The Kier molecular flexibility index (Phi) is 3.79. The lowest BCUT2D eigenvalue weighted by molar-refractivity contribution is 1.01. The fourth-order valence-electron chi connectivity index (χ4n) is 2.07. The summed E-state index contributed by atoms with van der Waals surface area (Å²) in [5, 5.41) is 4.08. The van der Waals surface area contributed by atoms with Crippen molar-refractivity contribution in [2.24, 2.45) is 0 Å². The highest BCUT2D eigenvalue weighted by Gasteiger charge is 2.01. The first-order valence-electron chi connectivity index (χ1n) is 6.52. The van der Waals surface area contributed by atoms with E-state index in [1.165, 1.54) is 0 Å². The van der Waals surface area contributed by atoms with Crippen LogP contribution in [-0.2, 0) is 6.42 Å². The number of hydrogen-bond acceptors (Lipinski definition) is 3. The molecule has 3 nitrogen and oxygen atoms in total. The Morgan fingerprint density at radius 3 is 2.55 bits per heavy atom. The molecule has 2 aromatic carbocycles. The minimum absolute atomic E-state index is 0.775. The summed E-state index contributed by atoms with van der Waals surface area (Å²) in [5.41, 5.74) is 2.94. The van der Waals surface area contributed by atoms with Gasteiger partial charge in [-0.3, -0.25) is 4.98 Å². The molecule has 1 heterocycles. The van der Waals surface area contributed by atoms with Gasteiger partial charge in [0.25, 0.3) is 0 Å². The molecule has 100 valence electrons. The van der Waals surface area contributed by atoms with Gasteiger partial charge >= 0.3 is 0 Å². The molecule has 0 spiro atoms. The lowest BCUT2D eigenvalue weighted by atomic mass is 10.1. The number of nitrogens with zero attached hydrogens (tertiary/aromatic N) is 2. The van der Waals surface area contributed by atoms with E-state index < -0.39 is 0 Å². The number of anilines is 1. The molecule has 0 bridgehead atoms. The van der Waals surface area contributed by atoms with Crippen molar-refractivity contribution in [1.29, 1.82) is 0 Å². The van der Waals surface area contributed by atoms with Crippen LogP contribution in [0.1, 0.15) is 5.56 Å². The monoisotopic (exact) mass is 283 g/mol. The van der Waals surface area contributed by atoms with Gasteiger partial charge in [0.15, 0.2) is 0 Å². The summed E-state index contributed by atoms with van der Waals surface area (Å²) in [4.78, 5) is 8.90. The molecule has 3 rings (SSSR count). The molecule has 0 amide bonds. The molecule has 0 saturated carbocycles. The summed E-state index contributed by atoms with van der Waals surface area (Å²) in [7, 11) is 0. The number of para-hydroxylation sites is 2. The average molecular weight is 284 g/mol. The lowest BCUT2D eigenvalue weighted by Crippen LogP contribution is -2.07. The van der Waals surface area contributed by atoms with Gasteiger partial charge in [0.1, 0.15) is 5.82 Å². The molecule has 0 atom stereocenters. The average Bonchev–Trinajstić information content (AvgIpc) is 2.49. The van der Waals surface area contributed by atoms with E-state index in [0.717, 1.165) is 40.4 Å². The summed E-state index contributed by atoms with van der Waals surface area (Å²) in [6.07, 6.45) is 2.61. The smallest absolute Gasteiger partial charge is 0.145 e. The highest BCUT2D eigenvalue weighted by molar-refractivity contribution is 6.31. The minimum atomic E-state index is 0.775. The van der Waals surface area contributed by atoms with Gasteiger partial charge < -0.3 is 5.32 Å². The Morgan fingerprint density at radius 2 is 1.70 bits per heavy atom. The predicted octanol–water partition coefficient (Wildman–Crippen LogP) is 3.94.